The van der Waals surface area contributed by atoms with Crippen LogP contribution in [0.4, 0.5) is 0 Å². The molecule has 5 nitrogen and oxygen atoms in total. The maximum Gasteiger partial charge on any atom is 0.302 e. The minimum Gasteiger partial charge on any atom is -0.465 e. The van der Waals surface area contributed by atoms with Crippen molar-refractivity contribution in [2.75, 3.05) is 12.4 Å². The Morgan fingerprint density at radius 3 is 2.27 bits per heavy atom. The number of carbonyl (C=O) groups excluding carboxylic acids is 1. The highest BCUT2D eigenvalue weighted by atomic mass is 32.2. The molecule has 7 heteroatoms. The quantitative estimate of drug-likeness (QED) is 0.354. The Morgan fingerprint density at radius 1 is 1.55 bits per heavy atom. The van der Waals surface area contributed by atoms with Gasteiger partial charge in [-0.3, -0.25) is 9.35 Å². The molecule has 0 saturated carbocycles. The Bertz CT molecular complexity index is 209. The molecule has 0 spiro atoms. The van der Waals surface area contributed by atoms with E-state index in [0.29, 0.717) is 0 Å². The molecule has 0 fully saturated rings. The summed E-state index contributed by atoms with van der Waals surface area (Å²) in [6.07, 6.45) is 0. The average Bonchev–Trinajstić information content (AvgIpc) is 1.59. The molecule has 0 heterocycles. The summed E-state index contributed by atoms with van der Waals surface area (Å²) in [7, 11) is -4.00. The average molecular weight is 192 g/mol. The first-order chi connectivity index (χ1) is 4.42. The summed E-state index contributed by atoms with van der Waals surface area (Å²) in [5, 5.41) is 0. The van der Waals surface area contributed by atoms with Crippen molar-refractivity contribution in [3.05, 3.63) is 0 Å². The molecule has 11 heavy (non-hydrogen) atoms. The minimum absolute atomic E-state index is 0. The predicted molar refractivity (Wildman–Crippen MR) is 38.8 cm³/mol. The largest absolute Gasteiger partial charge is 0.465 e. The first-order valence-electron chi connectivity index (χ1n) is 2.50. The van der Waals surface area contributed by atoms with Gasteiger partial charge in [-0.25, -0.2) is 0 Å². The van der Waals surface area contributed by atoms with E-state index in [1.165, 1.54) is 0 Å². The molecule has 1 N–H and O–H groups in total. The Labute approximate surface area is 81.0 Å². The zero-order valence-electron chi connectivity index (χ0n) is 6.11. The molecule has 0 atom stereocenters. The molecule has 62 valence electrons. The van der Waals surface area contributed by atoms with Crippen molar-refractivity contribution in [1.29, 1.82) is 0 Å². The molecule has 0 aliphatic rings. The zero-order chi connectivity index (χ0) is 8.20. The Hall–Kier alpha value is 0.146. The van der Waals surface area contributed by atoms with E-state index >= 15 is 0 Å². The molecular formula is C4H8MgO5S. The van der Waals surface area contributed by atoms with Gasteiger partial charge >= 0.3 is 5.97 Å². The monoisotopic (exact) mass is 192 g/mol. The van der Waals surface area contributed by atoms with Crippen LogP contribution in [0.5, 0.6) is 0 Å². The molecule has 0 bridgehead atoms. The first kappa shape index (κ1) is 13.7. The third kappa shape index (κ3) is 13.2. The van der Waals surface area contributed by atoms with Crippen LogP contribution in [0.25, 0.3) is 0 Å². The lowest BCUT2D eigenvalue weighted by Gasteiger charge is -1.97. The Kier molecular flexibility index (Phi) is 7.17. The van der Waals surface area contributed by atoms with Crippen LogP contribution >= 0.6 is 0 Å². The highest BCUT2D eigenvalue weighted by molar-refractivity contribution is 7.85. The van der Waals surface area contributed by atoms with Gasteiger partial charge in [0, 0.05) is 30.0 Å². The lowest BCUT2D eigenvalue weighted by Crippen LogP contribution is -2.12. The van der Waals surface area contributed by atoms with Gasteiger partial charge in [0.15, 0.2) is 0 Å². The lowest BCUT2D eigenvalue weighted by atomic mass is 10.8. The molecule has 0 aliphatic heterocycles. The van der Waals surface area contributed by atoms with Crippen molar-refractivity contribution in [3.63, 3.8) is 0 Å². The summed E-state index contributed by atoms with van der Waals surface area (Å²) < 4.78 is 32.3. The summed E-state index contributed by atoms with van der Waals surface area (Å²) in [5.41, 5.74) is 0. The van der Waals surface area contributed by atoms with E-state index in [4.69, 9.17) is 4.55 Å². The van der Waals surface area contributed by atoms with E-state index in [9.17, 15) is 13.2 Å². The van der Waals surface area contributed by atoms with Gasteiger partial charge in [0.25, 0.3) is 10.1 Å². The van der Waals surface area contributed by atoms with E-state index in [0.717, 1.165) is 6.92 Å². The van der Waals surface area contributed by atoms with Gasteiger partial charge in [-0.05, 0) is 0 Å². The fraction of sp³-hybridized carbons (Fsp3) is 0.750. The van der Waals surface area contributed by atoms with Gasteiger partial charge in [0.2, 0.25) is 0 Å². The second-order valence-corrected chi connectivity index (χ2v) is 3.20. The zero-order valence-corrected chi connectivity index (χ0v) is 8.34. The molecule has 0 aromatic heterocycles. The van der Waals surface area contributed by atoms with E-state index in [-0.39, 0.29) is 29.7 Å². The second kappa shape index (κ2) is 5.75. The van der Waals surface area contributed by atoms with Crippen molar-refractivity contribution in [3.8, 4) is 0 Å². The smallest absolute Gasteiger partial charge is 0.302 e. The van der Waals surface area contributed by atoms with E-state index in [2.05, 4.69) is 4.74 Å². The van der Waals surface area contributed by atoms with Crippen LogP contribution < -0.4 is 0 Å². The SMILES string of the molecule is CC(=O)OCCS(=O)(=O)O.[Mg]. The second-order valence-electron chi connectivity index (χ2n) is 1.63. The molecule has 0 aromatic rings. The van der Waals surface area contributed by atoms with Crippen LogP contribution in [-0.2, 0) is 19.6 Å². The van der Waals surface area contributed by atoms with Crippen molar-refractivity contribution in [2.45, 2.75) is 6.92 Å². The maximum absolute atomic E-state index is 10.0. The summed E-state index contributed by atoms with van der Waals surface area (Å²) >= 11 is 0. The van der Waals surface area contributed by atoms with E-state index in [1.54, 1.807) is 0 Å². The molecule has 0 saturated heterocycles. The van der Waals surface area contributed by atoms with Gasteiger partial charge < -0.3 is 4.74 Å². The number of rotatable bonds is 3. The number of carbonyl (C=O) groups is 1. The maximum atomic E-state index is 10.0. The molecule has 0 unspecified atom stereocenters. The van der Waals surface area contributed by atoms with Crippen LogP contribution in [0.3, 0.4) is 0 Å². The highest BCUT2D eigenvalue weighted by Gasteiger charge is 2.04. The van der Waals surface area contributed by atoms with Gasteiger partial charge in [0.1, 0.15) is 12.4 Å². The molecule has 0 amide bonds. The first-order valence-corrected chi connectivity index (χ1v) is 4.11. The molecule has 2 radical (unpaired) electrons. The predicted octanol–water partition coefficient (Wildman–Crippen LogP) is -0.944. The standard InChI is InChI=1S/C4H8O5S.Mg/c1-4(5)9-2-3-10(6,7)8;/h2-3H2,1H3,(H,6,7,8);. The van der Waals surface area contributed by atoms with Crippen LogP contribution in [0.2, 0.25) is 0 Å². The lowest BCUT2D eigenvalue weighted by molar-refractivity contribution is -0.140. The Balaban J connectivity index is 0. The highest BCUT2D eigenvalue weighted by Crippen LogP contribution is 1.83. The summed E-state index contributed by atoms with van der Waals surface area (Å²) in [6, 6.07) is 0. The number of hydrogen-bond acceptors (Lipinski definition) is 4. The minimum atomic E-state index is -4.00. The fourth-order valence-electron chi connectivity index (χ4n) is 0.291. The van der Waals surface area contributed by atoms with Gasteiger partial charge in [-0.15, -0.1) is 0 Å². The van der Waals surface area contributed by atoms with Crippen LogP contribution in [0, 0.1) is 0 Å². The van der Waals surface area contributed by atoms with Crippen molar-refractivity contribution < 1.29 is 22.5 Å². The molecule has 0 aliphatic carbocycles. The van der Waals surface area contributed by atoms with Crippen molar-refractivity contribution in [2.24, 2.45) is 0 Å². The van der Waals surface area contributed by atoms with Gasteiger partial charge in [-0.1, -0.05) is 0 Å². The fourth-order valence-corrected chi connectivity index (χ4v) is 0.585. The van der Waals surface area contributed by atoms with Gasteiger partial charge in [-0.2, -0.15) is 8.42 Å². The summed E-state index contributed by atoms with van der Waals surface area (Å²) in [6.45, 7) is 0.859. The van der Waals surface area contributed by atoms with E-state index < -0.39 is 21.8 Å². The van der Waals surface area contributed by atoms with Crippen LogP contribution in [0.1, 0.15) is 6.92 Å². The van der Waals surface area contributed by atoms with Crippen LogP contribution in [-0.4, -0.2) is 54.4 Å². The number of hydrogen-bond donors (Lipinski definition) is 1. The molecule has 0 aromatic carbocycles. The van der Waals surface area contributed by atoms with Gasteiger partial charge in [0.05, 0.1) is 0 Å². The van der Waals surface area contributed by atoms with Crippen molar-refractivity contribution >= 4 is 39.1 Å². The summed E-state index contributed by atoms with van der Waals surface area (Å²) in [5.74, 6) is -1.12. The normalized spacial score (nSPS) is 10.0. The van der Waals surface area contributed by atoms with Crippen molar-refractivity contribution in [1.82, 2.24) is 0 Å². The third-order valence-corrected chi connectivity index (χ3v) is 1.33. The summed E-state index contributed by atoms with van der Waals surface area (Å²) in [4.78, 5) is 10.0. The Morgan fingerprint density at radius 2 is 2.00 bits per heavy atom. The number of esters is 1. The molecule has 0 rings (SSSR count). The third-order valence-electron chi connectivity index (χ3n) is 0.647. The number of ether oxygens (including phenoxy) is 1. The molecular weight excluding hydrogens is 184 g/mol. The van der Waals surface area contributed by atoms with E-state index in [1.807, 2.05) is 0 Å². The topological polar surface area (TPSA) is 80.7 Å². The van der Waals surface area contributed by atoms with Crippen LogP contribution in [0.15, 0.2) is 0 Å².